The molecule has 3 aromatic rings. The molecule has 25 heavy (non-hydrogen) atoms. The number of aliphatic carboxylic acids is 1. The lowest BCUT2D eigenvalue weighted by Crippen LogP contribution is -1.98. The van der Waals surface area contributed by atoms with Gasteiger partial charge < -0.3 is 9.84 Å². The van der Waals surface area contributed by atoms with E-state index in [0.717, 1.165) is 27.6 Å². The zero-order valence-corrected chi connectivity index (χ0v) is 13.7. The van der Waals surface area contributed by atoms with Gasteiger partial charge >= 0.3 is 5.97 Å². The van der Waals surface area contributed by atoms with Gasteiger partial charge in [-0.1, -0.05) is 60.4 Å². The first-order chi connectivity index (χ1) is 12.2. The Bertz CT molecular complexity index is 997. The number of hydrogen-bond donors (Lipinski definition) is 1. The van der Waals surface area contributed by atoms with E-state index in [9.17, 15) is 9.90 Å². The van der Waals surface area contributed by atoms with E-state index >= 15 is 0 Å². The number of rotatable bonds is 3. The highest BCUT2D eigenvalue weighted by Gasteiger charge is 2.05. The topological polar surface area (TPSA) is 46.5 Å². The van der Waals surface area contributed by atoms with Crippen LogP contribution in [-0.2, 0) is 4.79 Å². The minimum absolute atomic E-state index is 0.0399. The maximum absolute atomic E-state index is 11.5. The summed E-state index contributed by atoms with van der Waals surface area (Å²) in [4.78, 5) is 11.5. The molecule has 0 fully saturated rings. The average molecular weight is 328 g/mol. The molecule has 0 aromatic heterocycles. The lowest BCUT2D eigenvalue weighted by Gasteiger charge is -2.00. The summed E-state index contributed by atoms with van der Waals surface area (Å²) in [6, 6.07) is 20.9. The number of hydrogen-bond acceptors (Lipinski definition) is 2. The first-order valence-corrected chi connectivity index (χ1v) is 7.76. The van der Waals surface area contributed by atoms with Crippen LogP contribution in [0.3, 0.4) is 0 Å². The van der Waals surface area contributed by atoms with Crippen molar-refractivity contribution in [2.75, 3.05) is 7.11 Å². The maximum atomic E-state index is 11.5. The normalized spacial score (nSPS) is 10.8. The van der Waals surface area contributed by atoms with Crippen LogP contribution in [-0.4, -0.2) is 18.2 Å². The summed E-state index contributed by atoms with van der Waals surface area (Å²) in [7, 11) is 1.59. The van der Waals surface area contributed by atoms with Crippen molar-refractivity contribution in [2.45, 2.75) is 0 Å². The summed E-state index contributed by atoms with van der Waals surface area (Å²) in [6.45, 7) is 0. The summed E-state index contributed by atoms with van der Waals surface area (Å²) in [5.74, 6) is 5.44. The summed E-state index contributed by atoms with van der Waals surface area (Å²) in [5, 5.41) is 11.5. The van der Waals surface area contributed by atoms with Crippen molar-refractivity contribution in [1.82, 2.24) is 0 Å². The standard InChI is InChI=1S/C22H16O3/c1-25-20-13-9-16(10-14-20)15-19(22(23)24)12-11-18-7-4-6-17-5-2-3-8-21(17)18/h2-10,13-15H,1H3,(H,23,24). The molecule has 0 unspecified atom stereocenters. The summed E-state index contributed by atoms with van der Waals surface area (Å²) < 4.78 is 5.10. The highest BCUT2D eigenvalue weighted by atomic mass is 16.5. The average Bonchev–Trinajstić information content (AvgIpc) is 2.65. The lowest BCUT2D eigenvalue weighted by atomic mass is 10.0. The third-order valence-corrected chi connectivity index (χ3v) is 3.78. The van der Waals surface area contributed by atoms with Crippen LogP contribution in [0.1, 0.15) is 11.1 Å². The fourth-order valence-corrected chi connectivity index (χ4v) is 2.49. The van der Waals surface area contributed by atoms with Gasteiger partial charge in [0.2, 0.25) is 0 Å². The van der Waals surface area contributed by atoms with E-state index in [0.29, 0.717) is 0 Å². The van der Waals surface area contributed by atoms with Crippen molar-refractivity contribution >= 4 is 22.8 Å². The van der Waals surface area contributed by atoms with Crippen LogP contribution in [0.15, 0.2) is 72.3 Å². The van der Waals surface area contributed by atoms with Gasteiger partial charge in [0.25, 0.3) is 0 Å². The molecule has 0 aliphatic carbocycles. The highest BCUT2D eigenvalue weighted by Crippen LogP contribution is 2.18. The number of benzene rings is 3. The fourth-order valence-electron chi connectivity index (χ4n) is 2.49. The zero-order chi connectivity index (χ0) is 17.6. The number of ether oxygens (including phenoxy) is 1. The number of fused-ring (bicyclic) bond motifs is 1. The molecule has 0 amide bonds. The van der Waals surface area contributed by atoms with Gasteiger partial charge in [0.05, 0.1) is 7.11 Å². The van der Waals surface area contributed by atoms with Crippen LogP contribution in [0.5, 0.6) is 5.75 Å². The Morgan fingerprint density at radius 3 is 2.44 bits per heavy atom. The van der Waals surface area contributed by atoms with Crippen LogP contribution in [0.4, 0.5) is 0 Å². The number of methoxy groups -OCH3 is 1. The number of carboxylic acid groups (broad SMARTS) is 1. The van der Waals surface area contributed by atoms with Crippen molar-refractivity contribution in [3.63, 3.8) is 0 Å². The van der Waals surface area contributed by atoms with Gasteiger partial charge in [-0.3, -0.25) is 0 Å². The van der Waals surface area contributed by atoms with E-state index in [1.54, 1.807) is 37.5 Å². The molecule has 0 spiro atoms. The molecule has 1 N–H and O–H groups in total. The third kappa shape index (κ3) is 3.88. The van der Waals surface area contributed by atoms with Crippen LogP contribution >= 0.6 is 0 Å². The van der Waals surface area contributed by atoms with Gasteiger partial charge in [0, 0.05) is 5.56 Å². The second kappa shape index (κ2) is 7.37. The predicted octanol–water partition coefficient (Wildman–Crippen LogP) is 4.37. The molecule has 0 saturated carbocycles. The van der Waals surface area contributed by atoms with Gasteiger partial charge in [-0.2, -0.15) is 0 Å². The smallest absolute Gasteiger partial charge is 0.344 e. The van der Waals surface area contributed by atoms with E-state index in [4.69, 9.17) is 4.74 Å². The summed E-state index contributed by atoms with van der Waals surface area (Å²) in [6.07, 6.45) is 1.56. The Labute approximate surface area is 146 Å². The van der Waals surface area contributed by atoms with Gasteiger partial charge in [0.15, 0.2) is 0 Å². The van der Waals surface area contributed by atoms with Crippen molar-refractivity contribution in [2.24, 2.45) is 0 Å². The molecule has 0 heterocycles. The Morgan fingerprint density at radius 1 is 1.00 bits per heavy atom. The fraction of sp³-hybridized carbons (Fsp3) is 0.0455. The van der Waals surface area contributed by atoms with E-state index in [-0.39, 0.29) is 5.57 Å². The van der Waals surface area contributed by atoms with Crippen LogP contribution in [0.2, 0.25) is 0 Å². The van der Waals surface area contributed by atoms with Crippen molar-refractivity contribution < 1.29 is 14.6 Å². The van der Waals surface area contributed by atoms with E-state index in [1.165, 1.54) is 0 Å². The largest absolute Gasteiger partial charge is 0.497 e. The van der Waals surface area contributed by atoms with Gasteiger partial charge in [-0.25, -0.2) is 4.79 Å². The molecule has 0 aliphatic heterocycles. The Morgan fingerprint density at radius 2 is 1.72 bits per heavy atom. The maximum Gasteiger partial charge on any atom is 0.344 e. The molecule has 0 bridgehead atoms. The quantitative estimate of drug-likeness (QED) is 0.574. The SMILES string of the molecule is COc1ccc(C=C(C#Cc2cccc3ccccc23)C(=O)O)cc1. The zero-order valence-electron chi connectivity index (χ0n) is 13.7. The molecule has 0 aliphatic rings. The van der Waals surface area contributed by atoms with E-state index in [2.05, 4.69) is 11.8 Å². The highest BCUT2D eigenvalue weighted by molar-refractivity contribution is 5.98. The Kier molecular flexibility index (Phi) is 4.82. The van der Waals surface area contributed by atoms with E-state index < -0.39 is 5.97 Å². The molecule has 3 aromatic carbocycles. The van der Waals surface area contributed by atoms with Crippen LogP contribution in [0, 0.1) is 11.8 Å². The molecule has 0 atom stereocenters. The molecule has 3 heteroatoms. The van der Waals surface area contributed by atoms with Gasteiger partial charge in [-0.05, 0) is 40.6 Å². The first kappa shape index (κ1) is 16.4. The monoisotopic (exact) mass is 328 g/mol. The summed E-state index contributed by atoms with van der Waals surface area (Å²) >= 11 is 0. The number of carboxylic acids is 1. The minimum Gasteiger partial charge on any atom is -0.497 e. The second-order valence-corrected chi connectivity index (χ2v) is 5.41. The van der Waals surface area contributed by atoms with Crippen molar-refractivity contribution in [3.05, 3.63) is 83.4 Å². The lowest BCUT2D eigenvalue weighted by molar-refractivity contribution is -0.132. The van der Waals surface area contributed by atoms with Crippen molar-refractivity contribution in [3.8, 4) is 17.6 Å². The molecule has 3 nitrogen and oxygen atoms in total. The summed E-state index contributed by atoms with van der Waals surface area (Å²) in [5.41, 5.74) is 1.60. The third-order valence-electron chi connectivity index (χ3n) is 3.78. The van der Waals surface area contributed by atoms with Crippen molar-refractivity contribution in [1.29, 1.82) is 0 Å². The Balaban J connectivity index is 1.98. The molecular weight excluding hydrogens is 312 g/mol. The molecule has 122 valence electrons. The molecular formula is C22H16O3. The first-order valence-electron chi connectivity index (χ1n) is 7.76. The van der Waals surface area contributed by atoms with Gasteiger partial charge in [0.1, 0.15) is 11.3 Å². The van der Waals surface area contributed by atoms with Gasteiger partial charge in [-0.15, -0.1) is 0 Å². The molecule has 0 saturated heterocycles. The predicted molar refractivity (Wildman–Crippen MR) is 99.4 cm³/mol. The second-order valence-electron chi connectivity index (χ2n) is 5.41. The molecule has 0 radical (unpaired) electrons. The van der Waals surface area contributed by atoms with Crippen LogP contribution in [0.25, 0.3) is 16.8 Å². The van der Waals surface area contributed by atoms with E-state index in [1.807, 2.05) is 42.5 Å². The molecule has 3 rings (SSSR count). The Hall–Kier alpha value is -3.51. The minimum atomic E-state index is -1.05. The number of carbonyl (C=O) groups is 1. The van der Waals surface area contributed by atoms with Crippen LogP contribution < -0.4 is 4.74 Å².